The molecular formula is C14H20N2O2. The smallest absolute Gasteiger partial charge is 0.255 e. The Morgan fingerprint density at radius 3 is 3.00 bits per heavy atom. The predicted octanol–water partition coefficient (Wildman–Crippen LogP) is 1.83. The summed E-state index contributed by atoms with van der Waals surface area (Å²) in [4.78, 5) is 14.0. The molecule has 0 aliphatic carbocycles. The van der Waals surface area contributed by atoms with E-state index in [0.29, 0.717) is 17.8 Å². The van der Waals surface area contributed by atoms with Gasteiger partial charge in [0.15, 0.2) is 0 Å². The molecule has 1 unspecified atom stereocenters. The molecule has 0 bridgehead atoms. The number of rotatable bonds is 3. The summed E-state index contributed by atoms with van der Waals surface area (Å²) in [6, 6.07) is 5.54. The number of hydrogen-bond donors (Lipinski definition) is 1. The number of likely N-dealkylation sites (N-methyl/N-ethyl adjacent to an activating group) is 1. The molecule has 0 spiro atoms. The molecule has 0 aromatic heterocycles. The van der Waals surface area contributed by atoms with Crippen molar-refractivity contribution in [2.75, 3.05) is 25.9 Å². The lowest BCUT2D eigenvalue weighted by Crippen LogP contribution is -2.34. The third-order valence-corrected chi connectivity index (χ3v) is 3.40. The summed E-state index contributed by atoms with van der Waals surface area (Å²) >= 11 is 0. The van der Waals surface area contributed by atoms with Crippen LogP contribution in [0.5, 0.6) is 0 Å². The Labute approximate surface area is 108 Å². The Morgan fingerprint density at radius 1 is 1.56 bits per heavy atom. The first-order valence-corrected chi connectivity index (χ1v) is 6.31. The average molecular weight is 248 g/mol. The highest BCUT2D eigenvalue weighted by molar-refractivity contribution is 5.99. The number of nitrogen functional groups attached to an aromatic ring is 1. The molecule has 1 aromatic carbocycles. The first-order valence-electron chi connectivity index (χ1n) is 6.31. The van der Waals surface area contributed by atoms with E-state index in [0.717, 1.165) is 25.0 Å². The van der Waals surface area contributed by atoms with Crippen LogP contribution in [0.3, 0.4) is 0 Å². The van der Waals surface area contributed by atoms with Gasteiger partial charge in [0.25, 0.3) is 5.91 Å². The maximum atomic E-state index is 12.3. The number of aryl methyl sites for hydroxylation is 1. The molecule has 1 aliphatic rings. The van der Waals surface area contributed by atoms with Gasteiger partial charge in [-0.25, -0.2) is 0 Å². The van der Waals surface area contributed by atoms with Crippen molar-refractivity contribution in [3.63, 3.8) is 0 Å². The fourth-order valence-electron chi connectivity index (χ4n) is 2.25. The van der Waals surface area contributed by atoms with E-state index in [1.54, 1.807) is 18.0 Å². The molecule has 1 atom stereocenters. The molecule has 98 valence electrons. The van der Waals surface area contributed by atoms with Gasteiger partial charge in [-0.2, -0.15) is 0 Å². The molecule has 1 fully saturated rings. The maximum Gasteiger partial charge on any atom is 0.255 e. The first kappa shape index (κ1) is 12.9. The minimum Gasteiger partial charge on any atom is -0.398 e. The highest BCUT2D eigenvalue weighted by atomic mass is 16.5. The van der Waals surface area contributed by atoms with Crippen LogP contribution in [0.4, 0.5) is 5.69 Å². The Balaban J connectivity index is 2.07. The Kier molecular flexibility index (Phi) is 3.87. The lowest BCUT2D eigenvalue weighted by Gasteiger charge is -2.21. The van der Waals surface area contributed by atoms with Crippen LogP contribution in [0.15, 0.2) is 18.2 Å². The molecule has 1 saturated heterocycles. The van der Waals surface area contributed by atoms with Crippen LogP contribution in [0.2, 0.25) is 0 Å². The van der Waals surface area contributed by atoms with E-state index in [4.69, 9.17) is 10.5 Å². The van der Waals surface area contributed by atoms with Crippen LogP contribution >= 0.6 is 0 Å². The number of nitrogens with two attached hydrogens (primary N) is 1. The van der Waals surface area contributed by atoms with Gasteiger partial charge in [0, 0.05) is 25.9 Å². The number of benzene rings is 1. The van der Waals surface area contributed by atoms with E-state index < -0.39 is 0 Å². The van der Waals surface area contributed by atoms with Gasteiger partial charge in [0.1, 0.15) is 0 Å². The lowest BCUT2D eigenvalue weighted by atomic mass is 10.1. The van der Waals surface area contributed by atoms with Crippen LogP contribution in [0.25, 0.3) is 0 Å². The summed E-state index contributed by atoms with van der Waals surface area (Å²) in [5.74, 6) is -0.0355. The molecule has 1 heterocycles. The summed E-state index contributed by atoms with van der Waals surface area (Å²) in [5, 5.41) is 0. The van der Waals surface area contributed by atoms with Crippen molar-refractivity contribution in [1.82, 2.24) is 4.90 Å². The SMILES string of the molecule is Cc1cccc(C(=O)N(C)CC2CCCO2)c1N. The van der Waals surface area contributed by atoms with Gasteiger partial charge in [0.2, 0.25) is 0 Å². The van der Waals surface area contributed by atoms with Crippen LogP contribution < -0.4 is 5.73 Å². The van der Waals surface area contributed by atoms with E-state index in [1.807, 2.05) is 19.1 Å². The van der Waals surface area contributed by atoms with Crippen LogP contribution in [0, 0.1) is 6.92 Å². The molecule has 1 amide bonds. The van der Waals surface area contributed by atoms with Gasteiger partial charge in [-0.3, -0.25) is 4.79 Å². The summed E-state index contributed by atoms with van der Waals surface area (Å²) in [6.07, 6.45) is 2.28. The quantitative estimate of drug-likeness (QED) is 0.830. The van der Waals surface area contributed by atoms with Crippen LogP contribution in [-0.2, 0) is 4.74 Å². The number of ether oxygens (including phenoxy) is 1. The monoisotopic (exact) mass is 248 g/mol. The normalized spacial score (nSPS) is 18.9. The molecule has 0 radical (unpaired) electrons. The zero-order chi connectivity index (χ0) is 13.1. The fraction of sp³-hybridized carbons (Fsp3) is 0.500. The molecular weight excluding hydrogens is 228 g/mol. The van der Waals surface area contributed by atoms with Crippen molar-refractivity contribution in [1.29, 1.82) is 0 Å². The van der Waals surface area contributed by atoms with Crippen molar-refractivity contribution in [3.05, 3.63) is 29.3 Å². The van der Waals surface area contributed by atoms with E-state index in [2.05, 4.69) is 0 Å². The third-order valence-electron chi connectivity index (χ3n) is 3.40. The van der Waals surface area contributed by atoms with E-state index >= 15 is 0 Å². The minimum atomic E-state index is -0.0355. The number of nitrogens with zero attached hydrogens (tertiary/aromatic N) is 1. The van der Waals surface area contributed by atoms with Crippen molar-refractivity contribution < 1.29 is 9.53 Å². The second-order valence-corrected chi connectivity index (χ2v) is 4.86. The van der Waals surface area contributed by atoms with E-state index in [-0.39, 0.29) is 12.0 Å². The standard InChI is InChI=1S/C14H20N2O2/c1-10-5-3-7-12(13(10)15)14(17)16(2)9-11-6-4-8-18-11/h3,5,7,11H,4,6,8-9,15H2,1-2H3. The van der Waals surface area contributed by atoms with Gasteiger partial charge in [0.05, 0.1) is 11.7 Å². The Morgan fingerprint density at radius 2 is 2.33 bits per heavy atom. The van der Waals surface area contributed by atoms with Crippen molar-refractivity contribution in [3.8, 4) is 0 Å². The summed E-state index contributed by atoms with van der Waals surface area (Å²) < 4.78 is 5.54. The molecule has 2 N–H and O–H groups in total. The first-order chi connectivity index (χ1) is 8.59. The lowest BCUT2D eigenvalue weighted by molar-refractivity contribution is 0.0588. The summed E-state index contributed by atoms with van der Waals surface area (Å²) in [5.41, 5.74) is 8.04. The fourth-order valence-corrected chi connectivity index (χ4v) is 2.25. The number of carbonyl (C=O) groups excluding carboxylic acids is 1. The zero-order valence-corrected chi connectivity index (χ0v) is 11.0. The van der Waals surface area contributed by atoms with Crippen molar-refractivity contribution >= 4 is 11.6 Å². The third kappa shape index (κ3) is 2.64. The van der Waals surface area contributed by atoms with Crippen molar-refractivity contribution in [2.24, 2.45) is 0 Å². The molecule has 1 aliphatic heterocycles. The summed E-state index contributed by atoms with van der Waals surface area (Å²) in [7, 11) is 1.80. The zero-order valence-electron chi connectivity index (χ0n) is 11.0. The second-order valence-electron chi connectivity index (χ2n) is 4.86. The van der Waals surface area contributed by atoms with Crippen LogP contribution in [0.1, 0.15) is 28.8 Å². The van der Waals surface area contributed by atoms with E-state index in [1.165, 1.54) is 0 Å². The predicted molar refractivity (Wildman–Crippen MR) is 71.5 cm³/mol. The number of hydrogen-bond acceptors (Lipinski definition) is 3. The molecule has 18 heavy (non-hydrogen) atoms. The second kappa shape index (κ2) is 5.40. The van der Waals surface area contributed by atoms with Crippen LogP contribution in [-0.4, -0.2) is 37.1 Å². The Hall–Kier alpha value is -1.55. The molecule has 4 heteroatoms. The van der Waals surface area contributed by atoms with Gasteiger partial charge in [-0.05, 0) is 31.4 Å². The Bertz CT molecular complexity index is 439. The number of para-hydroxylation sites is 1. The van der Waals surface area contributed by atoms with Gasteiger partial charge in [-0.1, -0.05) is 12.1 Å². The van der Waals surface area contributed by atoms with E-state index in [9.17, 15) is 4.79 Å². The molecule has 2 rings (SSSR count). The maximum absolute atomic E-state index is 12.3. The molecule has 4 nitrogen and oxygen atoms in total. The molecule has 1 aromatic rings. The van der Waals surface area contributed by atoms with Gasteiger partial charge in [-0.15, -0.1) is 0 Å². The summed E-state index contributed by atoms with van der Waals surface area (Å²) in [6.45, 7) is 3.34. The van der Waals surface area contributed by atoms with Gasteiger partial charge >= 0.3 is 0 Å². The number of carbonyl (C=O) groups is 1. The highest BCUT2D eigenvalue weighted by Crippen LogP contribution is 2.19. The number of anilines is 1. The van der Waals surface area contributed by atoms with Crippen molar-refractivity contribution in [2.45, 2.75) is 25.9 Å². The highest BCUT2D eigenvalue weighted by Gasteiger charge is 2.22. The van der Waals surface area contributed by atoms with Gasteiger partial charge < -0.3 is 15.4 Å². The molecule has 0 saturated carbocycles. The number of amides is 1. The topological polar surface area (TPSA) is 55.6 Å². The minimum absolute atomic E-state index is 0.0355. The largest absolute Gasteiger partial charge is 0.398 e. The average Bonchev–Trinajstić information content (AvgIpc) is 2.84.